The Morgan fingerprint density at radius 3 is 2.24 bits per heavy atom. The number of nitrogens with zero attached hydrogens (tertiary/aromatic N) is 1. The molecule has 3 aromatic carbocycles. The highest BCUT2D eigenvalue weighted by atomic mass is 35.5. The van der Waals surface area contributed by atoms with Crippen LogP contribution in [0.1, 0.15) is 11.1 Å². The number of halogens is 4. The monoisotopic (exact) mass is 518 g/mol. The number of rotatable bonds is 5. The number of imide groups is 2. The Balaban J connectivity index is 1.61. The van der Waals surface area contributed by atoms with Crippen molar-refractivity contribution in [2.45, 2.75) is 6.61 Å². The van der Waals surface area contributed by atoms with Crippen LogP contribution < -0.4 is 15.0 Å². The van der Waals surface area contributed by atoms with Crippen LogP contribution in [0.5, 0.6) is 5.75 Å². The van der Waals surface area contributed by atoms with Crippen molar-refractivity contribution in [1.82, 2.24) is 5.32 Å². The van der Waals surface area contributed by atoms with Crippen molar-refractivity contribution in [2.24, 2.45) is 0 Å². The Morgan fingerprint density at radius 2 is 1.59 bits per heavy atom. The lowest BCUT2D eigenvalue weighted by molar-refractivity contribution is -0.122. The van der Waals surface area contributed by atoms with Crippen molar-refractivity contribution >= 4 is 64.4 Å². The van der Waals surface area contributed by atoms with Gasteiger partial charge in [0.05, 0.1) is 15.7 Å². The van der Waals surface area contributed by atoms with E-state index in [1.165, 1.54) is 48.5 Å². The summed E-state index contributed by atoms with van der Waals surface area (Å²) in [5, 5.41) is 2.72. The largest absolute Gasteiger partial charge is 0.486 e. The summed E-state index contributed by atoms with van der Waals surface area (Å²) < 4.78 is 19.4. The lowest BCUT2D eigenvalue weighted by Gasteiger charge is -2.26. The van der Waals surface area contributed by atoms with Crippen molar-refractivity contribution in [3.05, 3.63) is 98.2 Å². The van der Waals surface area contributed by atoms with Crippen molar-refractivity contribution in [3.63, 3.8) is 0 Å². The summed E-state index contributed by atoms with van der Waals surface area (Å²) in [5.74, 6) is -2.01. The Bertz CT molecular complexity index is 1320. The second-order valence-corrected chi connectivity index (χ2v) is 8.38. The Labute approximate surface area is 208 Å². The van der Waals surface area contributed by atoms with Crippen molar-refractivity contribution in [1.29, 1.82) is 0 Å². The van der Waals surface area contributed by atoms with E-state index in [1.807, 2.05) is 0 Å². The van der Waals surface area contributed by atoms with E-state index in [2.05, 4.69) is 5.32 Å². The molecule has 0 spiro atoms. The molecule has 4 rings (SSSR count). The first-order valence-electron chi connectivity index (χ1n) is 9.77. The molecule has 10 heteroatoms. The van der Waals surface area contributed by atoms with Gasteiger partial charge in [0.1, 0.15) is 18.0 Å². The summed E-state index contributed by atoms with van der Waals surface area (Å²) >= 11 is 18.5. The predicted molar refractivity (Wildman–Crippen MR) is 128 cm³/mol. The van der Waals surface area contributed by atoms with Crippen LogP contribution in [0.3, 0.4) is 0 Å². The molecule has 1 aliphatic heterocycles. The molecule has 1 fully saturated rings. The molecule has 1 N–H and O–H groups in total. The van der Waals surface area contributed by atoms with Gasteiger partial charge in [-0.2, -0.15) is 0 Å². The van der Waals surface area contributed by atoms with Crippen molar-refractivity contribution in [2.75, 3.05) is 4.90 Å². The fourth-order valence-electron chi connectivity index (χ4n) is 3.21. The molecule has 0 saturated carbocycles. The predicted octanol–water partition coefficient (Wildman–Crippen LogP) is 6.03. The number of ether oxygens (including phenoxy) is 1. The van der Waals surface area contributed by atoms with E-state index >= 15 is 0 Å². The SMILES string of the molecule is O=C1NC(=O)N(c2ccc(Cl)cc2)C(=O)C1=Cc1cc(Cl)c(OCc2ccccc2F)c(Cl)c1. The highest BCUT2D eigenvalue weighted by molar-refractivity contribution is 6.40. The maximum atomic E-state index is 13.8. The molecule has 0 atom stereocenters. The third-order valence-corrected chi connectivity index (χ3v) is 5.66. The van der Waals surface area contributed by atoms with Gasteiger partial charge in [0.2, 0.25) is 0 Å². The molecule has 4 amide bonds. The topological polar surface area (TPSA) is 75.7 Å². The molecular weight excluding hydrogens is 506 g/mol. The van der Waals surface area contributed by atoms with Crippen LogP contribution >= 0.6 is 34.8 Å². The number of hydrogen-bond acceptors (Lipinski definition) is 4. The summed E-state index contributed by atoms with van der Waals surface area (Å²) in [5.41, 5.74) is 0.564. The number of urea groups is 1. The van der Waals surface area contributed by atoms with Crippen LogP contribution in [-0.2, 0) is 16.2 Å². The van der Waals surface area contributed by atoms with E-state index in [1.54, 1.807) is 18.2 Å². The first-order valence-corrected chi connectivity index (χ1v) is 10.9. The van der Waals surface area contributed by atoms with Gasteiger partial charge in [-0.05, 0) is 54.1 Å². The number of benzene rings is 3. The lowest BCUT2D eigenvalue weighted by Crippen LogP contribution is -2.54. The van der Waals surface area contributed by atoms with E-state index in [4.69, 9.17) is 39.5 Å². The van der Waals surface area contributed by atoms with Crippen LogP contribution in [0.2, 0.25) is 15.1 Å². The number of carbonyl (C=O) groups excluding carboxylic acids is 3. The van der Waals surface area contributed by atoms with Gasteiger partial charge in [-0.1, -0.05) is 53.0 Å². The molecule has 1 aliphatic rings. The molecule has 0 aromatic heterocycles. The molecule has 0 aliphatic carbocycles. The van der Waals surface area contributed by atoms with Gasteiger partial charge in [0.25, 0.3) is 11.8 Å². The van der Waals surface area contributed by atoms with E-state index in [-0.39, 0.29) is 33.7 Å². The Hall–Kier alpha value is -3.39. The molecular formula is C24H14Cl3FN2O4. The number of barbiturate groups is 1. The highest BCUT2D eigenvalue weighted by Gasteiger charge is 2.36. The van der Waals surface area contributed by atoms with Crippen molar-refractivity contribution in [3.8, 4) is 5.75 Å². The minimum Gasteiger partial charge on any atom is -0.486 e. The zero-order valence-electron chi connectivity index (χ0n) is 17.2. The van der Waals surface area contributed by atoms with Gasteiger partial charge in [-0.15, -0.1) is 0 Å². The van der Waals surface area contributed by atoms with Crippen LogP contribution in [0.15, 0.2) is 66.2 Å². The van der Waals surface area contributed by atoms with Crippen LogP contribution in [0.25, 0.3) is 6.08 Å². The minimum atomic E-state index is -0.887. The van der Waals surface area contributed by atoms with E-state index < -0.39 is 23.7 Å². The third kappa shape index (κ3) is 4.92. The van der Waals surface area contributed by atoms with E-state index in [0.717, 1.165) is 4.90 Å². The quantitative estimate of drug-likeness (QED) is 0.330. The molecule has 0 unspecified atom stereocenters. The Morgan fingerprint density at radius 1 is 0.941 bits per heavy atom. The van der Waals surface area contributed by atoms with Gasteiger partial charge in [-0.25, -0.2) is 14.1 Å². The lowest BCUT2D eigenvalue weighted by atomic mass is 10.1. The molecule has 3 aromatic rings. The summed E-state index contributed by atoms with van der Waals surface area (Å²) in [4.78, 5) is 38.5. The second kappa shape index (κ2) is 9.85. The fraction of sp³-hybridized carbons (Fsp3) is 0.0417. The zero-order chi connectivity index (χ0) is 24.4. The van der Waals surface area contributed by atoms with Gasteiger partial charge in [0, 0.05) is 10.6 Å². The first kappa shape index (κ1) is 23.8. The summed E-state index contributed by atoms with van der Waals surface area (Å²) in [6, 6.07) is 14.1. The third-order valence-electron chi connectivity index (χ3n) is 4.85. The number of nitrogens with one attached hydrogen (secondary N) is 1. The molecule has 0 radical (unpaired) electrons. The minimum absolute atomic E-state index is 0.0880. The standard InChI is InChI=1S/C24H14Cl3FN2O4/c25-15-5-7-16(8-6-15)30-23(32)17(22(31)29-24(30)33)9-13-10-18(26)21(19(27)11-13)34-12-14-3-1-2-4-20(14)28/h1-11H,12H2,(H,29,31,33). The number of anilines is 1. The summed E-state index contributed by atoms with van der Waals surface area (Å²) in [6.07, 6.45) is 1.26. The normalized spacial score (nSPS) is 15.0. The molecule has 34 heavy (non-hydrogen) atoms. The molecule has 1 heterocycles. The fourth-order valence-corrected chi connectivity index (χ4v) is 3.95. The molecule has 1 saturated heterocycles. The molecule has 0 bridgehead atoms. The van der Waals surface area contributed by atoms with Crippen LogP contribution in [0, 0.1) is 5.82 Å². The van der Waals surface area contributed by atoms with Gasteiger partial charge < -0.3 is 4.74 Å². The van der Waals surface area contributed by atoms with E-state index in [0.29, 0.717) is 16.1 Å². The second-order valence-electron chi connectivity index (χ2n) is 7.13. The Kier molecular flexibility index (Phi) is 6.88. The van der Waals surface area contributed by atoms with Crippen molar-refractivity contribution < 1.29 is 23.5 Å². The maximum Gasteiger partial charge on any atom is 0.335 e. The number of carbonyl (C=O) groups is 3. The zero-order valence-corrected chi connectivity index (χ0v) is 19.4. The average Bonchev–Trinajstić information content (AvgIpc) is 2.78. The van der Waals surface area contributed by atoms with Gasteiger partial charge in [0.15, 0.2) is 5.75 Å². The first-order chi connectivity index (χ1) is 16.2. The number of hydrogen-bond donors (Lipinski definition) is 1. The van der Waals surface area contributed by atoms with Gasteiger partial charge in [-0.3, -0.25) is 14.9 Å². The van der Waals surface area contributed by atoms with Crippen LogP contribution in [0.4, 0.5) is 14.9 Å². The van der Waals surface area contributed by atoms with Gasteiger partial charge >= 0.3 is 6.03 Å². The molecule has 6 nitrogen and oxygen atoms in total. The highest BCUT2D eigenvalue weighted by Crippen LogP contribution is 2.36. The summed E-state index contributed by atoms with van der Waals surface area (Å²) in [7, 11) is 0. The molecule has 172 valence electrons. The van der Waals surface area contributed by atoms with Crippen LogP contribution in [-0.4, -0.2) is 17.8 Å². The smallest absolute Gasteiger partial charge is 0.335 e. The van der Waals surface area contributed by atoms with E-state index in [9.17, 15) is 18.8 Å². The average molecular weight is 520 g/mol. The number of amides is 4. The summed E-state index contributed by atoms with van der Waals surface area (Å²) in [6.45, 7) is -0.106. The maximum absolute atomic E-state index is 13.8.